The minimum absolute atomic E-state index is 0.0249. The zero-order valence-corrected chi connectivity index (χ0v) is 17.9. The van der Waals surface area contributed by atoms with E-state index in [-0.39, 0.29) is 18.2 Å². The van der Waals surface area contributed by atoms with Gasteiger partial charge in [-0.15, -0.1) is 0 Å². The quantitative estimate of drug-likeness (QED) is 0.170. The average Bonchev–Trinajstić information content (AvgIpc) is 2.65. The molecular weight excluding hydrogens is 352 g/mol. The number of methoxy groups -OCH3 is 1. The minimum atomic E-state index is -0.335. The van der Waals surface area contributed by atoms with Crippen LogP contribution in [0.3, 0.4) is 0 Å². The first-order valence-electron chi connectivity index (χ1n) is 10.3. The number of allylic oxidation sites excluding steroid dienone is 1. The zero-order chi connectivity index (χ0) is 20.8. The van der Waals surface area contributed by atoms with Crippen LogP contribution in [0.5, 0.6) is 5.75 Å². The highest BCUT2D eigenvalue weighted by molar-refractivity contribution is 5.67. The molecule has 1 aromatic rings. The van der Waals surface area contributed by atoms with E-state index >= 15 is 0 Å². The van der Waals surface area contributed by atoms with Gasteiger partial charge in [0, 0.05) is 19.8 Å². The van der Waals surface area contributed by atoms with Gasteiger partial charge in [-0.05, 0) is 31.0 Å². The second kappa shape index (κ2) is 14.0. The molecule has 0 aromatic heterocycles. The maximum Gasteiger partial charge on any atom is 0.307 e. The number of carbonyl (C=O) groups is 1. The van der Waals surface area contributed by atoms with Gasteiger partial charge in [0.1, 0.15) is 11.5 Å². The Morgan fingerprint density at radius 1 is 1.18 bits per heavy atom. The number of unbranched alkanes of at least 4 members (excludes halogenated alkanes) is 3. The van der Waals surface area contributed by atoms with Gasteiger partial charge < -0.3 is 14.2 Å². The monoisotopic (exact) mass is 388 g/mol. The van der Waals surface area contributed by atoms with Crippen molar-refractivity contribution >= 4 is 5.97 Å². The molecule has 0 spiro atoms. The highest BCUT2D eigenvalue weighted by Gasteiger charge is 2.18. The van der Waals surface area contributed by atoms with Gasteiger partial charge in [0.25, 0.3) is 0 Å². The van der Waals surface area contributed by atoms with Crippen LogP contribution in [0.25, 0.3) is 0 Å². The summed E-state index contributed by atoms with van der Waals surface area (Å²) in [5, 5.41) is 0. The van der Waals surface area contributed by atoms with E-state index in [1.165, 1.54) is 31.7 Å². The Bertz CT molecular complexity index is 604. The third-order valence-corrected chi connectivity index (χ3v) is 4.49. The summed E-state index contributed by atoms with van der Waals surface area (Å²) >= 11 is 0. The van der Waals surface area contributed by atoms with Crippen molar-refractivity contribution in [2.75, 3.05) is 7.11 Å². The maximum absolute atomic E-state index is 11.2. The number of hydrogen-bond acceptors (Lipinski definition) is 4. The molecule has 4 heteroatoms. The number of rotatable bonds is 14. The molecule has 0 N–H and O–H groups in total. The van der Waals surface area contributed by atoms with E-state index in [4.69, 9.17) is 14.2 Å². The Kier molecular flexibility index (Phi) is 12.0. The lowest BCUT2D eigenvalue weighted by Gasteiger charge is -2.24. The van der Waals surface area contributed by atoms with E-state index in [0.29, 0.717) is 12.2 Å². The van der Waals surface area contributed by atoms with Crippen molar-refractivity contribution in [2.24, 2.45) is 0 Å². The first kappa shape index (κ1) is 24.0. The topological polar surface area (TPSA) is 44.8 Å². The number of esters is 1. The number of benzene rings is 1. The van der Waals surface area contributed by atoms with Gasteiger partial charge >= 0.3 is 5.97 Å². The molecule has 0 saturated heterocycles. The first-order valence-corrected chi connectivity index (χ1v) is 10.3. The highest BCUT2D eigenvalue weighted by atomic mass is 16.5. The lowest BCUT2D eigenvalue weighted by molar-refractivity contribution is -0.137. The predicted molar refractivity (Wildman–Crippen MR) is 114 cm³/mol. The smallest absolute Gasteiger partial charge is 0.307 e. The summed E-state index contributed by atoms with van der Waals surface area (Å²) in [5.74, 6) is 0.980. The van der Waals surface area contributed by atoms with Gasteiger partial charge in [0.15, 0.2) is 0 Å². The van der Waals surface area contributed by atoms with Crippen molar-refractivity contribution in [2.45, 2.75) is 77.9 Å². The highest BCUT2D eigenvalue weighted by Crippen LogP contribution is 2.21. The molecular formula is C24H36O4. The van der Waals surface area contributed by atoms with Gasteiger partial charge in [-0.1, -0.05) is 63.5 Å². The van der Waals surface area contributed by atoms with Crippen LogP contribution in [0.1, 0.15) is 64.9 Å². The van der Waals surface area contributed by atoms with Crippen LogP contribution in [-0.2, 0) is 20.7 Å². The Balaban J connectivity index is 2.75. The summed E-state index contributed by atoms with van der Waals surface area (Å²) in [6.45, 7) is 9.48. The Morgan fingerprint density at radius 3 is 2.46 bits per heavy atom. The molecule has 0 aliphatic carbocycles. The normalized spacial score (nSPS) is 13.3. The van der Waals surface area contributed by atoms with Crippen molar-refractivity contribution in [3.63, 3.8) is 0 Å². The molecule has 0 bridgehead atoms. The lowest BCUT2D eigenvalue weighted by atomic mass is 10.0. The van der Waals surface area contributed by atoms with Gasteiger partial charge in [0.05, 0.1) is 19.3 Å². The van der Waals surface area contributed by atoms with Gasteiger partial charge in [-0.3, -0.25) is 4.79 Å². The van der Waals surface area contributed by atoms with Crippen molar-refractivity contribution in [1.29, 1.82) is 0 Å². The molecule has 2 atom stereocenters. The summed E-state index contributed by atoms with van der Waals surface area (Å²) in [5.41, 5.74) is 1.19. The third-order valence-electron chi connectivity index (χ3n) is 4.49. The van der Waals surface area contributed by atoms with Gasteiger partial charge in [-0.25, -0.2) is 0 Å². The lowest BCUT2D eigenvalue weighted by Crippen LogP contribution is -2.24. The average molecular weight is 389 g/mol. The minimum Gasteiger partial charge on any atom is -0.497 e. The van der Waals surface area contributed by atoms with Crippen molar-refractivity contribution in [1.82, 2.24) is 0 Å². The largest absolute Gasteiger partial charge is 0.497 e. The standard InChI is InChI=1S/C24H36O4/c1-6-8-9-10-12-24(17-19(3)27-20(4)25)28-23(11-7-2)18-21-13-15-22(26-5)16-14-21/h7,11,13-16,23-24H,3,6,8-10,12,17-18H2,1-2,4-5H3/b11-7+/t23-,24+/m1/s1. The van der Waals surface area contributed by atoms with Crippen LogP contribution in [0, 0.1) is 0 Å². The Morgan fingerprint density at radius 2 is 1.89 bits per heavy atom. The van der Waals surface area contributed by atoms with E-state index in [1.807, 2.05) is 25.1 Å². The number of hydrogen-bond donors (Lipinski definition) is 0. The molecule has 156 valence electrons. The van der Waals surface area contributed by atoms with Crippen LogP contribution in [0.2, 0.25) is 0 Å². The summed E-state index contributed by atoms with van der Waals surface area (Å²) < 4.78 is 16.8. The second-order valence-corrected chi connectivity index (χ2v) is 7.06. The van der Waals surface area contributed by atoms with Crippen LogP contribution in [0.15, 0.2) is 48.8 Å². The molecule has 1 rings (SSSR count). The fourth-order valence-corrected chi connectivity index (χ4v) is 3.13. The van der Waals surface area contributed by atoms with Gasteiger partial charge in [0.2, 0.25) is 0 Å². The fourth-order valence-electron chi connectivity index (χ4n) is 3.13. The van der Waals surface area contributed by atoms with Crippen LogP contribution >= 0.6 is 0 Å². The SMILES string of the molecule is C=C(C[C@H](CCCCCC)O[C@H](/C=C/C)Cc1ccc(OC)cc1)OC(C)=O. The van der Waals surface area contributed by atoms with E-state index in [1.54, 1.807) is 7.11 Å². The molecule has 28 heavy (non-hydrogen) atoms. The third kappa shape index (κ3) is 10.3. The van der Waals surface area contributed by atoms with Crippen molar-refractivity contribution in [3.8, 4) is 5.75 Å². The molecule has 1 aromatic carbocycles. The zero-order valence-electron chi connectivity index (χ0n) is 17.9. The summed E-state index contributed by atoms with van der Waals surface area (Å²) in [4.78, 5) is 11.2. The van der Waals surface area contributed by atoms with Gasteiger partial charge in [-0.2, -0.15) is 0 Å². The summed E-state index contributed by atoms with van der Waals surface area (Å²) in [7, 11) is 1.67. The Hall–Kier alpha value is -2.07. The molecule has 0 unspecified atom stereocenters. The van der Waals surface area contributed by atoms with Crippen molar-refractivity contribution in [3.05, 3.63) is 54.3 Å². The van der Waals surface area contributed by atoms with E-state index < -0.39 is 0 Å². The molecule has 0 aliphatic heterocycles. The van der Waals surface area contributed by atoms with E-state index in [0.717, 1.165) is 25.0 Å². The first-order chi connectivity index (χ1) is 13.5. The molecule has 0 heterocycles. The molecule has 0 saturated carbocycles. The maximum atomic E-state index is 11.2. The molecule has 4 nitrogen and oxygen atoms in total. The van der Waals surface area contributed by atoms with E-state index in [2.05, 4.69) is 31.7 Å². The fraction of sp³-hybridized carbons (Fsp3) is 0.542. The Labute approximate surface area is 170 Å². The second-order valence-electron chi connectivity index (χ2n) is 7.06. The summed E-state index contributed by atoms with van der Waals surface area (Å²) in [6, 6.07) is 8.05. The van der Waals surface area contributed by atoms with Crippen molar-refractivity contribution < 1.29 is 19.0 Å². The summed E-state index contributed by atoms with van der Waals surface area (Å²) in [6.07, 6.45) is 11.0. The molecule has 0 radical (unpaired) electrons. The molecule has 0 fully saturated rings. The van der Waals surface area contributed by atoms with Crippen LogP contribution in [0.4, 0.5) is 0 Å². The van der Waals surface area contributed by atoms with E-state index in [9.17, 15) is 4.79 Å². The number of ether oxygens (including phenoxy) is 3. The predicted octanol–water partition coefficient (Wildman–Crippen LogP) is 6.00. The molecule has 0 aliphatic rings. The molecule has 0 amide bonds. The van der Waals surface area contributed by atoms with Crippen LogP contribution in [-0.4, -0.2) is 25.3 Å². The number of carbonyl (C=O) groups excluding carboxylic acids is 1. The van der Waals surface area contributed by atoms with Crippen LogP contribution < -0.4 is 4.74 Å².